The standard InChI is InChI=1S/C30H24ClFN2O5/c1-18-8-4-5-9-23(18)28(35)24-13-12-22(17-25(24)31)34(27-14-11-21(32)16-19(27)2)30(37)39-20(3)38-29(36)26-10-6-7-15-33-26/h4-17,20H,1-3H3. The number of carbonyl (C=O) groups is 3. The highest BCUT2D eigenvalue weighted by Crippen LogP contribution is 2.34. The molecule has 0 N–H and O–H groups in total. The highest BCUT2D eigenvalue weighted by Gasteiger charge is 2.26. The van der Waals surface area contributed by atoms with Gasteiger partial charge in [0.25, 0.3) is 0 Å². The summed E-state index contributed by atoms with van der Waals surface area (Å²) in [4.78, 5) is 44.0. The maximum absolute atomic E-state index is 13.9. The Morgan fingerprint density at radius 3 is 2.28 bits per heavy atom. The average Bonchev–Trinajstić information content (AvgIpc) is 2.90. The summed E-state index contributed by atoms with van der Waals surface area (Å²) in [6, 6.07) is 20.2. The van der Waals surface area contributed by atoms with E-state index in [4.69, 9.17) is 21.1 Å². The lowest BCUT2D eigenvalue weighted by atomic mass is 9.99. The van der Waals surface area contributed by atoms with Crippen molar-refractivity contribution in [1.82, 2.24) is 4.98 Å². The van der Waals surface area contributed by atoms with Crippen LogP contribution in [0.1, 0.15) is 44.5 Å². The monoisotopic (exact) mass is 546 g/mol. The van der Waals surface area contributed by atoms with Gasteiger partial charge in [0.15, 0.2) is 5.78 Å². The van der Waals surface area contributed by atoms with Crippen molar-refractivity contribution in [3.8, 4) is 0 Å². The molecule has 0 spiro atoms. The van der Waals surface area contributed by atoms with Crippen molar-refractivity contribution in [3.63, 3.8) is 0 Å². The molecule has 0 fully saturated rings. The molecule has 0 aliphatic carbocycles. The second-order valence-electron chi connectivity index (χ2n) is 8.65. The second-order valence-corrected chi connectivity index (χ2v) is 9.05. The van der Waals surface area contributed by atoms with Crippen molar-refractivity contribution in [3.05, 3.63) is 124 Å². The van der Waals surface area contributed by atoms with E-state index in [1.807, 2.05) is 19.1 Å². The fraction of sp³-hybridized carbons (Fsp3) is 0.133. The number of aromatic nitrogens is 1. The number of hydrogen-bond donors (Lipinski definition) is 0. The molecular weight excluding hydrogens is 523 g/mol. The van der Waals surface area contributed by atoms with Crippen molar-refractivity contribution in [1.29, 1.82) is 0 Å². The first-order valence-corrected chi connectivity index (χ1v) is 12.3. The molecule has 0 bridgehead atoms. The van der Waals surface area contributed by atoms with Crippen LogP contribution in [0.4, 0.5) is 20.6 Å². The number of rotatable bonds is 7. The van der Waals surface area contributed by atoms with Gasteiger partial charge < -0.3 is 9.47 Å². The lowest BCUT2D eigenvalue weighted by molar-refractivity contribution is -0.0579. The first-order valence-electron chi connectivity index (χ1n) is 11.9. The average molecular weight is 547 g/mol. The third-order valence-electron chi connectivity index (χ3n) is 5.84. The lowest BCUT2D eigenvalue weighted by Crippen LogP contribution is -2.32. The molecule has 198 valence electrons. The number of anilines is 2. The predicted molar refractivity (Wildman–Crippen MR) is 145 cm³/mol. The molecule has 0 aliphatic heterocycles. The predicted octanol–water partition coefficient (Wildman–Crippen LogP) is 7.20. The molecule has 4 aromatic rings. The van der Waals surface area contributed by atoms with Crippen LogP contribution in [0.3, 0.4) is 0 Å². The molecule has 1 unspecified atom stereocenters. The molecule has 4 rings (SSSR count). The normalized spacial score (nSPS) is 11.4. The Bertz CT molecular complexity index is 1540. The minimum absolute atomic E-state index is 0.0484. The van der Waals surface area contributed by atoms with Crippen LogP contribution in [0.15, 0.2) is 85.1 Å². The fourth-order valence-electron chi connectivity index (χ4n) is 3.93. The quantitative estimate of drug-likeness (QED) is 0.138. The van der Waals surface area contributed by atoms with Gasteiger partial charge in [0.2, 0.25) is 6.29 Å². The first-order chi connectivity index (χ1) is 18.7. The summed E-state index contributed by atoms with van der Waals surface area (Å²) >= 11 is 6.53. The van der Waals surface area contributed by atoms with E-state index in [0.717, 1.165) is 10.5 Å². The number of amides is 1. The molecule has 1 atom stereocenters. The van der Waals surface area contributed by atoms with Gasteiger partial charge in [-0.25, -0.2) is 23.9 Å². The number of hydrogen-bond acceptors (Lipinski definition) is 6. The Balaban J connectivity index is 1.64. The number of ether oxygens (including phenoxy) is 2. The van der Waals surface area contributed by atoms with Gasteiger partial charge in [0.1, 0.15) is 11.5 Å². The van der Waals surface area contributed by atoms with E-state index in [-0.39, 0.29) is 27.8 Å². The van der Waals surface area contributed by atoms with Gasteiger partial charge in [-0.15, -0.1) is 0 Å². The highest BCUT2D eigenvalue weighted by molar-refractivity contribution is 6.35. The van der Waals surface area contributed by atoms with E-state index in [2.05, 4.69) is 4.98 Å². The van der Waals surface area contributed by atoms with Gasteiger partial charge in [0, 0.05) is 24.2 Å². The zero-order valence-corrected chi connectivity index (χ0v) is 22.1. The number of carbonyl (C=O) groups excluding carboxylic acids is 3. The van der Waals surface area contributed by atoms with Crippen molar-refractivity contribution in [2.45, 2.75) is 27.1 Å². The molecule has 7 nitrogen and oxygen atoms in total. The molecule has 39 heavy (non-hydrogen) atoms. The van der Waals surface area contributed by atoms with Gasteiger partial charge >= 0.3 is 12.1 Å². The largest absolute Gasteiger partial charge is 0.422 e. The van der Waals surface area contributed by atoms with Crippen LogP contribution in [0.25, 0.3) is 0 Å². The summed E-state index contributed by atoms with van der Waals surface area (Å²) < 4.78 is 24.5. The smallest absolute Gasteiger partial charge is 0.421 e. The van der Waals surface area contributed by atoms with E-state index in [0.29, 0.717) is 16.8 Å². The zero-order chi connectivity index (χ0) is 28.1. The third-order valence-corrected chi connectivity index (χ3v) is 6.15. The van der Waals surface area contributed by atoms with Crippen molar-refractivity contribution >= 4 is 40.8 Å². The summed E-state index contributed by atoms with van der Waals surface area (Å²) in [5, 5.41) is 0.105. The topological polar surface area (TPSA) is 85.8 Å². The van der Waals surface area contributed by atoms with Crippen LogP contribution in [0, 0.1) is 19.7 Å². The number of aryl methyl sites for hydroxylation is 2. The third kappa shape index (κ3) is 6.30. The molecule has 9 heteroatoms. The Morgan fingerprint density at radius 2 is 1.62 bits per heavy atom. The molecule has 1 aromatic heterocycles. The summed E-state index contributed by atoms with van der Waals surface area (Å²) in [6.45, 7) is 4.83. The Labute approximate surface area is 229 Å². The van der Waals surface area contributed by atoms with Crippen LogP contribution in [0.5, 0.6) is 0 Å². The lowest BCUT2D eigenvalue weighted by Gasteiger charge is -2.26. The van der Waals surface area contributed by atoms with Crippen LogP contribution >= 0.6 is 11.6 Å². The molecule has 0 aliphatic rings. The Kier molecular flexibility index (Phi) is 8.36. The number of halogens is 2. The molecule has 1 amide bonds. The maximum Gasteiger partial charge on any atom is 0.422 e. The van der Waals surface area contributed by atoms with Crippen molar-refractivity contribution < 1.29 is 28.2 Å². The maximum atomic E-state index is 13.9. The SMILES string of the molecule is Cc1ccccc1C(=O)c1ccc(N(C(=O)OC(C)OC(=O)c2ccccn2)c2ccc(F)cc2C)cc1Cl. The van der Waals surface area contributed by atoms with Gasteiger partial charge in [-0.05, 0) is 73.5 Å². The summed E-state index contributed by atoms with van der Waals surface area (Å²) in [5.41, 5.74) is 2.58. The minimum Gasteiger partial charge on any atom is -0.421 e. The summed E-state index contributed by atoms with van der Waals surface area (Å²) in [7, 11) is 0. The second kappa shape index (κ2) is 11.9. The number of benzene rings is 3. The zero-order valence-electron chi connectivity index (χ0n) is 21.4. The van der Waals surface area contributed by atoms with Crippen LogP contribution in [-0.4, -0.2) is 29.1 Å². The van der Waals surface area contributed by atoms with E-state index >= 15 is 0 Å². The van der Waals surface area contributed by atoms with Crippen LogP contribution in [-0.2, 0) is 9.47 Å². The Morgan fingerprint density at radius 1 is 0.872 bits per heavy atom. The van der Waals surface area contributed by atoms with Crippen LogP contribution in [0.2, 0.25) is 5.02 Å². The van der Waals surface area contributed by atoms with E-state index in [9.17, 15) is 18.8 Å². The molecule has 0 radical (unpaired) electrons. The number of ketones is 1. The van der Waals surface area contributed by atoms with Crippen molar-refractivity contribution in [2.75, 3.05) is 4.90 Å². The van der Waals surface area contributed by atoms with E-state index < -0.39 is 24.2 Å². The van der Waals surface area contributed by atoms with Gasteiger partial charge in [-0.2, -0.15) is 0 Å². The van der Waals surface area contributed by atoms with Gasteiger partial charge in [-0.1, -0.05) is 41.9 Å². The van der Waals surface area contributed by atoms with Gasteiger partial charge in [0.05, 0.1) is 16.4 Å². The summed E-state index contributed by atoms with van der Waals surface area (Å²) in [6.07, 6.45) is -0.767. The number of esters is 1. The molecular formula is C30H24ClFN2O5. The molecule has 1 heterocycles. The van der Waals surface area contributed by atoms with E-state index in [1.54, 1.807) is 31.2 Å². The first kappa shape index (κ1) is 27.5. The molecule has 0 saturated carbocycles. The Hall–Kier alpha value is -4.56. The summed E-state index contributed by atoms with van der Waals surface area (Å²) in [5.74, 6) is -1.53. The fourth-order valence-corrected chi connectivity index (χ4v) is 4.19. The van der Waals surface area contributed by atoms with Crippen LogP contribution < -0.4 is 4.90 Å². The molecule has 3 aromatic carbocycles. The minimum atomic E-state index is -1.28. The highest BCUT2D eigenvalue weighted by atomic mass is 35.5. The van der Waals surface area contributed by atoms with Gasteiger partial charge in [-0.3, -0.25) is 4.79 Å². The van der Waals surface area contributed by atoms with E-state index in [1.165, 1.54) is 55.6 Å². The number of pyridine rings is 1. The van der Waals surface area contributed by atoms with Crippen molar-refractivity contribution in [2.24, 2.45) is 0 Å². The molecule has 0 saturated heterocycles. The number of nitrogens with zero attached hydrogens (tertiary/aromatic N) is 2.